The second-order valence-electron chi connectivity index (χ2n) is 12.2. The van der Waals surface area contributed by atoms with Crippen LogP contribution in [0.25, 0.3) is 82.1 Å². The maximum Gasteiger partial charge on any atom is 0.196 e. The fraction of sp³-hybridized carbons (Fsp3) is 0. The van der Waals surface area contributed by atoms with E-state index in [1.165, 1.54) is 0 Å². The van der Waals surface area contributed by atoms with Crippen LogP contribution in [0.5, 0.6) is 0 Å². The molecule has 0 saturated carbocycles. The van der Waals surface area contributed by atoms with Gasteiger partial charge in [0.1, 0.15) is 6.07 Å². The highest BCUT2D eigenvalue weighted by Gasteiger charge is 2.21. The minimum absolute atomic E-state index is 0.423. The van der Waals surface area contributed by atoms with Crippen LogP contribution in [0.3, 0.4) is 0 Å². The van der Waals surface area contributed by atoms with Gasteiger partial charge in [-0.15, -0.1) is 0 Å². The molecule has 0 atom stereocenters. The number of hydrogen-bond acceptors (Lipinski definition) is 2. The van der Waals surface area contributed by atoms with E-state index in [-0.39, 0.29) is 0 Å². The van der Waals surface area contributed by atoms with Crippen LogP contribution in [0, 0.1) is 29.2 Å². The van der Waals surface area contributed by atoms with Gasteiger partial charge in [-0.1, -0.05) is 97.1 Å². The first-order chi connectivity index (χ1) is 24.7. The van der Waals surface area contributed by atoms with Gasteiger partial charge in [0, 0.05) is 32.7 Å². The molecule has 0 spiro atoms. The zero-order chi connectivity index (χ0) is 33.8. The van der Waals surface area contributed by atoms with Crippen LogP contribution in [0.2, 0.25) is 0 Å². The molecule has 230 valence electrons. The molecule has 9 aromatic rings. The van der Waals surface area contributed by atoms with E-state index >= 15 is 0 Å². The SMILES string of the molecule is [C-]#[N+]c1ccc(-n2c3ccccc3c3ccccc32)c(C#N)c1-c1cccc(-c2ccccc2-n2c3ccccc3c3cc(C#N)ccc32)c1. The topological polar surface area (TPSA) is 61.8 Å². The number of nitrogens with zero attached hydrogens (tertiary/aromatic N) is 5. The standard InChI is InChI=1S/C45H25N5/c1-48-38-22-24-44(50-40-18-7-3-14-33(40)34-15-4-8-19-41(34)50)37(28-47)45(38)31-12-10-11-30(26-31)32-13-2-6-17-39(32)49-42-20-9-5-16-35(42)36-25-29(27-46)21-23-43(36)49/h2-26H. The average molecular weight is 636 g/mol. The summed E-state index contributed by atoms with van der Waals surface area (Å²) in [7, 11) is 0. The van der Waals surface area contributed by atoms with Crippen LogP contribution in [0.15, 0.2) is 152 Å². The summed E-state index contributed by atoms with van der Waals surface area (Å²) in [5, 5.41) is 24.8. The summed E-state index contributed by atoms with van der Waals surface area (Å²) in [6.45, 7) is 8.13. The van der Waals surface area contributed by atoms with Crippen molar-refractivity contribution in [2.45, 2.75) is 0 Å². The van der Waals surface area contributed by atoms with Crippen molar-refractivity contribution in [2.24, 2.45) is 0 Å². The lowest BCUT2D eigenvalue weighted by Crippen LogP contribution is -2.00. The molecule has 5 heteroatoms. The van der Waals surface area contributed by atoms with Gasteiger partial charge in [0.05, 0.1) is 57.2 Å². The molecular formula is C45H25N5. The maximum absolute atomic E-state index is 10.8. The summed E-state index contributed by atoms with van der Waals surface area (Å²) < 4.78 is 4.39. The van der Waals surface area contributed by atoms with Crippen molar-refractivity contribution in [3.8, 4) is 45.8 Å². The van der Waals surface area contributed by atoms with Crippen LogP contribution in [-0.2, 0) is 0 Å². The van der Waals surface area contributed by atoms with Crippen LogP contribution in [0.1, 0.15) is 11.1 Å². The smallest absolute Gasteiger partial charge is 0.196 e. The van der Waals surface area contributed by atoms with E-state index < -0.39 is 0 Å². The van der Waals surface area contributed by atoms with Gasteiger partial charge >= 0.3 is 0 Å². The first-order valence-electron chi connectivity index (χ1n) is 16.3. The lowest BCUT2D eigenvalue weighted by Gasteiger charge is -2.17. The number of hydrogen-bond donors (Lipinski definition) is 0. The van der Waals surface area contributed by atoms with Gasteiger partial charge in [-0.2, -0.15) is 10.5 Å². The predicted octanol–water partition coefficient (Wildman–Crippen LogP) is 11.5. The lowest BCUT2D eigenvalue weighted by atomic mass is 9.93. The first-order valence-corrected chi connectivity index (χ1v) is 16.3. The van der Waals surface area contributed by atoms with E-state index in [1.54, 1.807) is 0 Å². The number of benzene rings is 7. The number of para-hydroxylation sites is 4. The second-order valence-corrected chi connectivity index (χ2v) is 12.2. The molecule has 9 rings (SSSR count). The molecule has 0 saturated heterocycles. The summed E-state index contributed by atoms with van der Waals surface area (Å²) in [5.41, 5.74) is 10.6. The number of fused-ring (bicyclic) bond motifs is 6. The van der Waals surface area contributed by atoms with Gasteiger partial charge in [0.2, 0.25) is 0 Å². The quantitative estimate of drug-likeness (QED) is 0.181. The van der Waals surface area contributed by atoms with Crippen molar-refractivity contribution >= 4 is 49.3 Å². The Morgan fingerprint density at radius 2 is 1.06 bits per heavy atom. The molecule has 0 radical (unpaired) electrons. The Morgan fingerprint density at radius 3 is 1.72 bits per heavy atom. The minimum atomic E-state index is 0.423. The molecule has 0 bridgehead atoms. The van der Waals surface area contributed by atoms with Gasteiger partial charge in [0.25, 0.3) is 0 Å². The van der Waals surface area contributed by atoms with E-state index in [9.17, 15) is 10.5 Å². The van der Waals surface area contributed by atoms with E-state index in [0.717, 1.165) is 71.7 Å². The summed E-state index contributed by atoms with van der Waals surface area (Å²) in [4.78, 5) is 3.91. The van der Waals surface area contributed by atoms with Crippen molar-refractivity contribution in [2.75, 3.05) is 0 Å². The van der Waals surface area contributed by atoms with Crippen molar-refractivity contribution in [3.05, 3.63) is 174 Å². The highest BCUT2D eigenvalue weighted by Crippen LogP contribution is 2.42. The molecule has 50 heavy (non-hydrogen) atoms. The van der Waals surface area contributed by atoms with Gasteiger partial charge in [-0.25, -0.2) is 4.85 Å². The molecule has 7 aromatic carbocycles. The molecule has 0 aliphatic rings. The summed E-state index contributed by atoms with van der Waals surface area (Å²) in [6.07, 6.45) is 0. The molecule has 0 aliphatic heterocycles. The normalized spacial score (nSPS) is 11.1. The van der Waals surface area contributed by atoms with Crippen molar-refractivity contribution < 1.29 is 0 Å². The zero-order valence-electron chi connectivity index (χ0n) is 26.7. The molecule has 2 aromatic heterocycles. The van der Waals surface area contributed by atoms with Gasteiger partial charge in [-0.05, 0) is 65.7 Å². The van der Waals surface area contributed by atoms with E-state index in [2.05, 4.69) is 86.8 Å². The maximum atomic E-state index is 10.8. The molecule has 0 unspecified atom stereocenters. The highest BCUT2D eigenvalue weighted by molar-refractivity contribution is 6.11. The minimum Gasteiger partial charge on any atom is -0.309 e. The molecular weight excluding hydrogens is 611 g/mol. The fourth-order valence-electron chi connectivity index (χ4n) is 7.50. The van der Waals surface area contributed by atoms with Crippen molar-refractivity contribution in [3.63, 3.8) is 0 Å². The third-order valence-electron chi connectivity index (χ3n) is 9.62. The molecule has 0 amide bonds. The van der Waals surface area contributed by atoms with Gasteiger partial charge < -0.3 is 9.13 Å². The van der Waals surface area contributed by atoms with Crippen LogP contribution in [-0.4, -0.2) is 9.13 Å². The van der Waals surface area contributed by atoms with Gasteiger partial charge in [-0.3, -0.25) is 0 Å². The Morgan fingerprint density at radius 1 is 0.480 bits per heavy atom. The second kappa shape index (κ2) is 11.4. The summed E-state index contributed by atoms with van der Waals surface area (Å²) in [6, 6.07) is 55.5. The van der Waals surface area contributed by atoms with E-state index in [0.29, 0.717) is 22.4 Å². The third kappa shape index (κ3) is 4.24. The Hall–Kier alpha value is -7.39. The predicted molar refractivity (Wildman–Crippen MR) is 202 cm³/mol. The number of nitriles is 2. The summed E-state index contributed by atoms with van der Waals surface area (Å²) in [5.74, 6) is 0. The monoisotopic (exact) mass is 635 g/mol. The van der Waals surface area contributed by atoms with E-state index in [4.69, 9.17) is 6.57 Å². The van der Waals surface area contributed by atoms with Crippen molar-refractivity contribution in [1.29, 1.82) is 10.5 Å². The number of rotatable bonds is 4. The first kappa shape index (κ1) is 28.8. The molecule has 5 nitrogen and oxygen atoms in total. The largest absolute Gasteiger partial charge is 0.309 e. The molecule has 0 N–H and O–H groups in total. The zero-order valence-corrected chi connectivity index (χ0v) is 26.7. The fourth-order valence-corrected chi connectivity index (χ4v) is 7.50. The summed E-state index contributed by atoms with van der Waals surface area (Å²) >= 11 is 0. The van der Waals surface area contributed by atoms with Crippen LogP contribution in [0.4, 0.5) is 5.69 Å². The van der Waals surface area contributed by atoms with E-state index in [1.807, 2.05) is 91.0 Å². The lowest BCUT2D eigenvalue weighted by molar-refractivity contribution is 1.17. The Labute approximate surface area is 288 Å². The van der Waals surface area contributed by atoms with Crippen LogP contribution < -0.4 is 0 Å². The highest BCUT2D eigenvalue weighted by atomic mass is 15.0. The Bertz CT molecular complexity index is 2920. The third-order valence-corrected chi connectivity index (χ3v) is 9.62. The molecule has 0 fully saturated rings. The Balaban J connectivity index is 1.27. The molecule has 0 aliphatic carbocycles. The molecule has 2 heterocycles. The van der Waals surface area contributed by atoms with Crippen molar-refractivity contribution in [1.82, 2.24) is 9.13 Å². The average Bonchev–Trinajstić information content (AvgIpc) is 3.69. The van der Waals surface area contributed by atoms with Gasteiger partial charge in [0.15, 0.2) is 5.69 Å². The number of aromatic nitrogens is 2. The van der Waals surface area contributed by atoms with Crippen LogP contribution >= 0.6 is 0 Å². The Kier molecular flexibility index (Phi) is 6.56.